The first-order chi connectivity index (χ1) is 18.1. The molecule has 0 saturated carbocycles. The van der Waals surface area contributed by atoms with E-state index in [1.807, 2.05) is 53.4 Å². The van der Waals surface area contributed by atoms with E-state index >= 15 is 0 Å². The molecule has 0 atom stereocenters. The second-order valence-corrected chi connectivity index (χ2v) is 8.99. The zero-order valence-electron chi connectivity index (χ0n) is 20.2. The lowest BCUT2D eigenvalue weighted by atomic mass is 10.0. The Morgan fingerprint density at radius 3 is 2.51 bits per heavy atom. The third-order valence-corrected chi connectivity index (χ3v) is 6.29. The number of pyridine rings is 1. The second-order valence-electron chi connectivity index (χ2n) is 8.58. The summed E-state index contributed by atoms with van der Waals surface area (Å²) in [6.07, 6.45) is 4.44. The number of halogens is 2. The van der Waals surface area contributed by atoms with Crippen LogP contribution in [0.3, 0.4) is 0 Å². The van der Waals surface area contributed by atoms with Gasteiger partial charge in [-0.2, -0.15) is 10.1 Å². The van der Waals surface area contributed by atoms with E-state index < -0.39 is 5.82 Å². The van der Waals surface area contributed by atoms with Gasteiger partial charge in [0.05, 0.1) is 30.0 Å². The van der Waals surface area contributed by atoms with E-state index in [2.05, 4.69) is 49.1 Å². The molecule has 188 valence electrons. The van der Waals surface area contributed by atoms with Crippen LogP contribution in [0.4, 0.5) is 27.5 Å². The van der Waals surface area contributed by atoms with Crippen LogP contribution in [0.5, 0.6) is 0 Å². The van der Waals surface area contributed by atoms with Crippen molar-refractivity contribution in [3.8, 4) is 11.1 Å². The number of aryl methyl sites for hydroxylation is 1. The van der Waals surface area contributed by atoms with Crippen LogP contribution in [0.25, 0.3) is 11.1 Å². The van der Waals surface area contributed by atoms with Crippen LogP contribution in [-0.2, 0) is 0 Å². The maximum atomic E-state index is 14.2. The summed E-state index contributed by atoms with van der Waals surface area (Å²) < 4.78 is 14.2. The lowest BCUT2D eigenvalue weighted by molar-refractivity contribution is 0.556. The first-order valence-corrected chi connectivity index (χ1v) is 12.3. The molecule has 1 fully saturated rings. The zero-order chi connectivity index (χ0) is 25.6. The third kappa shape index (κ3) is 6.02. The van der Waals surface area contributed by atoms with Crippen molar-refractivity contribution >= 4 is 41.0 Å². The average molecular weight is 517 g/mol. The highest BCUT2D eigenvalue weighted by atomic mass is 35.5. The molecule has 4 aromatic rings. The SMILES string of the molecule is Cc1cccc(Cl)c1-c1ccc(Nc2ccc(/C=N/Nc3ncc(F)c(N4CCNCC4)n3)nc2)cc1. The standard InChI is InChI=1S/C27H26ClFN8/c1-18-3-2-4-23(28)25(18)19-5-7-20(8-6-19)34-22-10-9-21(31-15-22)16-33-36-27-32-17-24(29)26(35-27)37-13-11-30-12-14-37/h2-10,15-17,30,34H,11-14H2,1H3,(H,32,35,36)/b33-16+. The van der Waals surface area contributed by atoms with E-state index in [0.717, 1.165) is 52.4 Å². The van der Waals surface area contributed by atoms with Crippen molar-refractivity contribution in [1.82, 2.24) is 20.3 Å². The molecule has 1 saturated heterocycles. The Morgan fingerprint density at radius 2 is 1.78 bits per heavy atom. The van der Waals surface area contributed by atoms with Crippen molar-refractivity contribution in [2.75, 3.05) is 41.8 Å². The lowest BCUT2D eigenvalue weighted by Gasteiger charge is -2.28. The van der Waals surface area contributed by atoms with Crippen LogP contribution in [0, 0.1) is 12.7 Å². The first kappa shape index (κ1) is 24.6. The number of nitrogens with zero attached hydrogens (tertiary/aromatic N) is 5. The summed E-state index contributed by atoms with van der Waals surface area (Å²) in [6.45, 7) is 5.00. The molecule has 2 aromatic heterocycles. The Bertz CT molecular complexity index is 1370. The summed E-state index contributed by atoms with van der Waals surface area (Å²) in [7, 11) is 0. The number of hydrogen-bond acceptors (Lipinski definition) is 8. The Kier molecular flexibility index (Phi) is 7.53. The van der Waals surface area contributed by atoms with Crippen LogP contribution in [-0.4, -0.2) is 47.3 Å². The molecular weight excluding hydrogens is 491 g/mol. The molecule has 8 nitrogen and oxygen atoms in total. The lowest BCUT2D eigenvalue weighted by Crippen LogP contribution is -2.44. The molecule has 0 unspecified atom stereocenters. The second kappa shape index (κ2) is 11.3. The molecular formula is C27H26ClFN8. The quantitative estimate of drug-likeness (QED) is 0.228. The molecule has 0 aliphatic carbocycles. The van der Waals surface area contributed by atoms with Gasteiger partial charge in [0.1, 0.15) is 0 Å². The van der Waals surface area contributed by atoms with Crippen LogP contribution in [0.15, 0.2) is 72.1 Å². The minimum atomic E-state index is -0.449. The van der Waals surface area contributed by atoms with E-state index in [1.165, 1.54) is 0 Å². The monoisotopic (exact) mass is 516 g/mol. The maximum absolute atomic E-state index is 14.2. The summed E-state index contributed by atoms with van der Waals surface area (Å²) in [5, 5.41) is 11.5. The fraction of sp³-hybridized carbons (Fsp3) is 0.185. The van der Waals surface area contributed by atoms with Crippen molar-refractivity contribution in [3.05, 3.63) is 89.1 Å². The van der Waals surface area contributed by atoms with Gasteiger partial charge in [-0.3, -0.25) is 4.98 Å². The summed E-state index contributed by atoms with van der Waals surface area (Å²) in [4.78, 5) is 14.5. The van der Waals surface area contributed by atoms with E-state index in [0.29, 0.717) is 18.8 Å². The van der Waals surface area contributed by atoms with Crippen molar-refractivity contribution in [2.45, 2.75) is 6.92 Å². The number of aromatic nitrogens is 3. The Hall–Kier alpha value is -4.08. The van der Waals surface area contributed by atoms with Gasteiger partial charge in [-0.05, 0) is 48.4 Å². The molecule has 0 bridgehead atoms. The Balaban J connectivity index is 1.19. The fourth-order valence-electron chi connectivity index (χ4n) is 4.11. The van der Waals surface area contributed by atoms with Crippen LogP contribution in [0.1, 0.15) is 11.3 Å². The average Bonchev–Trinajstić information content (AvgIpc) is 2.92. The van der Waals surface area contributed by atoms with E-state index in [9.17, 15) is 4.39 Å². The number of rotatable bonds is 7. The smallest absolute Gasteiger partial charge is 0.245 e. The van der Waals surface area contributed by atoms with Crippen LogP contribution < -0.4 is 21.0 Å². The van der Waals surface area contributed by atoms with Crippen molar-refractivity contribution in [3.63, 3.8) is 0 Å². The Morgan fingerprint density at radius 1 is 1.00 bits per heavy atom. The number of hydrogen-bond donors (Lipinski definition) is 3. The molecule has 1 aliphatic rings. The van der Waals surface area contributed by atoms with Crippen LogP contribution >= 0.6 is 11.6 Å². The maximum Gasteiger partial charge on any atom is 0.245 e. The fourth-order valence-corrected chi connectivity index (χ4v) is 4.44. The minimum absolute atomic E-state index is 0.222. The van der Waals surface area contributed by atoms with E-state index in [1.54, 1.807) is 12.4 Å². The molecule has 0 radical (unpaired) electrons. The van der Waals surface area contributed by atoms with Gasteiger partial charge >= 0.3 is 0 Å². The number of piperazine rings is 1. The molecule has 37 heavy (non-hydrogen) atoms. The molecule has 3 N–H and O–H groups in total. The topological polar surface area (TPSA) is 90.4 Å². The summed E-state index contributed by atoms with van der Waals surface area (Å²) in [5.41, 5.74) is 8.42. The van der Waals surface area contributed by atoms with E-state index in [-0.39, 0.29) is 11.8 Å². The third-order valence-electron chi connectivity index (χ3n) is 5.97. The van der Waals surface area contributed by atoms with Gasteiger partial charge in [-0.1, -0.05) is 35.9 Å². The van der Waals surface area contributed by atoms with Crippen molar-refractivity contribution in [1.29, 1.82) is 0 Å². The summed E-state index contributed by atoms with van der Waals surface area (Å²) in [5.74, 6) is 0.0486. The number of nitrogens with one attached hydrogen (secondary N) is 3. The van der Waals surface area contributed by atoms with Gasteiger partial charge in [0.15, 0.2) is 11.6 Å². The number of anilines is 4. The van der Waals surface area contributed by atoms with Crippen molar-refractivity contribution in [2.24, 2.45) is 5.10 Å². The van der Waals surface area contributed by atoms with Gasteiger partial charge in [-0.25, -0.2) is 14.8 Å². The first-order valence-electron chi connectivity index (χ1n) is 11.9. The molecule has 3 heterocycles. The summed E-state index contributed by atoms with van der Waals surface area (Å²) in [6, 6.07) is 17.8. The molecule has 0 spiro atoms. The normalized spacial score (nSPS) is 13.6. The number of hydrazone groups is 1. The molecule has 2 aromatic carbocycles. The highest BCUT2D eigenvalue weighted by Gasteiger charge is 2.17. The highest BCUT2D eigenvalue weighted by molar-refractivity contribution is 6.33. The van der Waals surface area contributed by atoms with Gasteiger partial charge < -0.3 is 15.5 Å². The number of benzene rings is 2. The highest BCUT2D eigenvalue weighted by Crippen LogP contribution is 2.32. The predicted octanol–water partition coefficient (Wildman–Crippen LogP) is 5.24. The van der Waals surface area contributed by atoms with Crippen molar-refractivity contribution < 1.29 is 4.39 Å². The predicted molar refractivity (Wildman–Crippen MR) is 147 cm³/mol. The zero-order valence-corrected chi connectivity index (χ0v) is 21.0. The summed E-state index contributed by atoms with van der Waals surface area (Å²) >= 11 is 6.40. The van der Waals surface area contributed by atoms with E-state index in [4.69, 9.17) is 11.6 Å². The molecule has 5 rings (SSSR count). The van der Waals surface area contributed by atoms with Gasteiger partial charge in [-0.15, -0.1) is 0 Å². The van der Waals surface area contributed by atoms with Crippen LogP contribution in [0.2, 0.25) is 5.02 Å². The Labute approximate surface area is 219 Å². The minimum Gasteiger partial charge on any atom is -0.354 e. The van der Waals surface area contributed by atoms with Gasteiger partial charge in [0.2, 0.25) is 5.95 Å². The van der Waals surface area contributed by atoms with Gasteiger partial charge in [0, 0.05) is 42.5 Å². The molecule has 0 amide bonds. The largest absolute Gasteiger partial charge is 0.354 e. The van der Waals surface area contributed by atoms with Gasteiger partial charge in [0.25, 0.3) is 0 Å². The molecule has 10 heteroatoms. The molecule has 1 aliphatic heterocycles.